The van der Waals surface area contributed by atoms with Crippen molar-refractivity contribution in [1.82, 2.24) is 4.90 Å². The number of rotatable bonds is 1. The zero-order valence-electron chi connectivity index (χ0n) is 16.9. The maximum absolute atomic E-state index is 6.49. The van der Waals surface area contributed by atoms with Crippen molar-refractivity contribution in [3.63, 3.8) is 0 Å². The quantitative estimate of drug-likeness (QED) is 0.724. The van der Waals surface area contributed by atoms with Crippen molar-refractivity contribution in [3.05, 3.63) is 29.8 Å². The lowest BCUT2D eigenvalue weighted by Gasteiger charge is -2.42. The molecule has 2 saturated heterocycles. The summed E-state index contributed by atoms with van der Waals surface area (Å²) < 4.78 is 18.9. The molecule has 0 unspecified atom stereocenters. The van der Waals surface area contributed by atoms with Crippen LogP contribution in [0.5, 0.6) is 5.75 Å². The summed E-state index contributed by atoms with van der Waals surface area (Å²) in [6.07, 6.45) is 4.41. The monoisotopic (exact) mass is 355 g/mol. The SMILES string of the molecule is CC1=CC2(CCN(C)CC2)Oc2ccc(B3OC(C)(C)C(C)(C)O3)cc21. The number of allylic oxidation sites excluding steroid dienone is 1. The average molecular weight is 355 g/mol. The zero-order valence-corrected chi connectivity index (χ0v) is 16.9. The van der Waals surface area contributed by atoms with Crippen molar-refractivity contribution in [2.75, 3.05) is 20.1 Å². The first-order chi connectivity index (χ1) is 12.1. The van der Waals surface area contributed by atoms with E-state index in [1.165, 1.54) is 5.57 Å². The van der Waals surface area contributed by atoms with Gasteiger partial charge in [-0.3, -0.25) is 0 Å². The average Bonchev–Trinajstić information content (AvgIpc) is 2.78. The van der Waals surface area contributed by atoms with Gasteiger partial charge in [0.15, 0.2) is 0 Å². The van der Waals surface area contributed by atoms with E-state index in [1.807, 2.05) is 0 Å². The lowest BCUT2D eigenvalue weighted by Crippen LogP contribution is -2.47. The first-order valence-corrected chi connectivity index (χ1v) is 9.68. The second kappa shape index (κ2) is 5.85. The van der Waals surface area contributed by atoms with E-state index in [-0.39, 0.29) is 23.9 Å². The Morgan fingerprint density at radius 1 is 1.00 bits per heavy atom. The third-order valence-electron chi connectivity index (χ3n) is 6.58. The van der Waals surface area contributed by atoms with E-state index in [1.54, 1.807) is 0 Å². The highest BCUT2D eigenvalue weighted by Gasteiger charge is 2.52. The summed E-state index contributed by atoms with van der Waals surface area (Å²) in [6.45, 7) is 12.7. The number of ether oxygens (including phenoxy) is 1. The Labute approximate surface area is 157 Å². The predicted octanol–water partition coefficient (Wildman–Crippen LogP) is 3.25. The van der Waals surface area contributed by atoms with Crippen LogP contribution in [0.25, 0.3) is 5.57 Å². The molecule has 0 aliphatic carbocycles. The molecule has 0 N–H and O–H groups in total. The summed E-state index contributed by atoms with van der Waals surface area (Å²) in [5.41, 5.74) is 2.70. The van der Waals surface area contributed by atoms with Gasteiger partial charge in [0.05, 0.1) is 11.2 Å². The van der Waals surface area contributed by atoms with Gasteiger partial charge in [-0.25, -0.2) is 0 Å². The second-order valence-corrected chi connectivity index (χ2v) is 9.14. The van der Waals surface area contributed by atoms with Crippen LogP contribution in [-0.2, 0) is 9.31 Å². The molecule has 1 spiro atoms. The molecule has 3 heterocycles. The van der Waals surface area contributed by atoms with Gasteiger partial charge in [0.25, 0.3) is 0 Å². The van der Waals surface area contributed by atoms with Gasteiger partial charge < -0.3 is 18.9 Å². The van der Waals surface area contributed by atoms with Crippen molar-refractivity contribution in [1.29, 1.82) is 0 Å². The van der Waals surface area contributed by atoms with E-state index < -0.39 is 0 Å². The summed E-state index contributed by atoms with van der Waals surface area (Å²) in [7, 11) is 1.84. The van der Waals surface area contributed by atoms with Crippen LogP contribution in [0.2, 0.25) is 0 Å². The van der Waals surface area contributed by atoms with Gasteiger partial charge in [-0.05, 0) is 64.8 Å². The Balaban J connectivity index is 1.62. The Bertz CT molecular complexity index is 732. The molecule has 3 aliphatic rings. The van der Waals surface area contributed by atoms with Crippen LogP contribution in [0, 0.1) is 0 Å². The van der Waals surface area contributed by atoms with Crippen LogP contribution < -0.4 is 10.2 Å². The molecule has 0 bridgehead atoms. The fourth-order valence-electron chi connectivity index (χ4n) is 4.03. The largest absolute Gasteiger partial charge is 0.494 e. The number of benzene rings is 1. The minimum absolute atomic E-state index is 0.143. The highest BCUT2D eigenvalue weighted by Crippen LogP contribution is 2.41. The minimum atomic E-state index is -0.336. The summed E-state index contributed by atoms with van der Waals surface area (Å²) in [6, 6.07) is 6.35. The van der Waals surface area contributed by atoms with Gasteiger partial charge in [0.2, 0.25) is 0 Å². The fraction of sp³-hybridized carbons (Fsp3) is 0.619. The maximum Gasteiger partial charge on any atom is 0.494 e. The van der Waals surface area contributed by atoms with Gasteiger partial charge in [0.1, 0.15) is 11.4 Å². The van der Waals surface area contributed by atoms with Gasteiger partial charge in [0, 0.05) is 31.5 Å². The smallest absolute Gasteiger partial charge is 0.482 e. The molecule has 0 amide bonds. The Kier molecular flexibility index (Phi) is 4.07. The number of piperidine rings is 1. The van der Waals surface area contributed by atoms with Crippen LogP contribution in [0.3, 0.4) is 0 Å². The predicted molar refractivity (Wildman–Crippen MR) is 106 cm³/mol. The molecular formula is C21H30BNO3. The van der Waals surface area contributed by atoms with Gasteiger partial charge in [-0.1, -0.05) is 12.1 Å². The van der Waals surface area contributed by atoms with Crippen molar-refractivity contribution in [2.24, 2.45) is 0 Å². The molecule has 3 aliphatic heterocycles. The third kappa shape index (κ3) is 2.90. The molecule has 0 aromatic heterocycles. The molecule has 1 aromatic carbocycles. The molecule has 4 nitrogen and oxygen atoms in total. The molecule has 4 rings (SSSR count). The molecule has 140 valence electrons. The Morgan fingerprint density at radius 2 is 1.62 bits per heavy atom. The van der Waals surface area contributed by atoms with Crippen LogP contribution in [-0.4, -0.2) is 49.0 Å². The molecule has 0 saturated carbocycles. The first-order valence-electron chi connectivity index (χ1n) is 9.68. The summed E-state index contributed by atoms with van der Waals surface area (Å²) in [4.78, 5) is 2.37. The normalized spacial score (nSPS) is 26.4. The van der Waals surface area contributed by atoms with Crippen LogP contribution >= 0.6 is 0 Å². The molecule has 0 atom stereocenters. The topological polar surface area (TPSA) is 30.9 Å². The van der Waals surface area contributed by atoms with E-state index in [2.05, 4.69) is 70.8 Å². The van der Waals surface area contributed by atoms with E-state index in [0.29, 0.717) is 0 Å². The summed E-state index contributed by atoms with van der Waals surface area (Å²) in [5.74, 6) is 0.981. The molecule has 1 aromatic rings. The number of nitrogens with zero attached hydrogens (tertiary/aromatic N) is 1. The molecule has 0 radical (unpaired) electrons. The standard InChI is InChI=1S/C21H30BNO3/c1-15-14-21(9-11-23(6)12-10-21)24-18-8-7-16(13-17(15)18)22-25-19(2,3)20(4,5)26-22/h7-8,13-14H,9-12H2,1-6H3. The number of hydrogen-bond donors (Lipinski definition) is 0. The number of fused-ring (bicyclic) bond motifs is 1. The van der Waals surface area contributed by atoms with E-state index in [4.69, 9.17) is 14.0 Å². The van der Waals surface area contributed by atoms with Crippen molar-refractivity contribution >= 4 is 18.2 Å². The Hall–Kier alpha value is -1.30. The number of hydrogen-bond acceptors (Lipinski definition) is 4. The van der Waals surface area contributed by atoms with Gasteiger partial charge >= 0.3 is 7.12 Å². The minimum Gasteiger partial charge on any atom is -0.482 e. The Morgan fingerprint density at radius 3 is 2.23 bits per heavy atom. The van der Waals surface area contributed by atoms with Crippen molar-refractivity contribution < 1.29 is 14.0 Å². The molecule has 2 fully saturated rings. The molecule has 26 heavy (non-hydrogen) atoms. The first kappa shape index (κ1) is 18.1. The van der Waals surface area contributed by atoms with Gasteiger partial charge in [-0.15, -0.1) is 0 Å². The second-order valence-electron chi connectivity index (χ2n) is 9.14. The van der Waals surface area contributed by atoms with E-state index in [9.17, 15) is 0 Å². The highest BCUT2D eigenvalue weighted by molar-refractivity contribution is 6.62. The lowest BCUT2D eigenvalue weighted by molar-refractivity contribution is 0.00578. The van der Waals surface area contributed by atoms with E-state index >= 15 is 0 Å². The van der Waals surface area contributed by atoms with Crippen LogP contribution in [0.15, 0.2) is 24.3 Å². The fourth-order valence-corrected chi connectivity index (χ4v) is 4.03. The third-order valence-corrected chi connectivity index (χ3v) is 6.58. The lowest BCUT2D eigenvalue weighted by atomic mass is 9.76. The maximum atomic E-state index is 6.49. The zero-order chi connectivity index (χ0) is 18.7. The van der Waals surface area contributed by atoms with Crippen molar-refractivity contribution in [3.8, 4) is 5.75 Å². The van der Waals surface area contributed by atoms with Crippen LogP contribution in [0.4, 0.5) is 0 Å². The van der Waals surface area contributed by atoms with Crippen LogP contribution in [0.1, 0.15) is 53.0 Å². The molecular weight excluding hydrogens is 325 g/mol. The van der Waals surface area contributed by atoms with Gasteiger partial charge in [-0.2, -0.15) is 0 Å². The molecule has 5 heteroatoms. The van der Waals surface area contributed by atoms with Crippen molar-refractivity contribution in [2.45, 2.75) is 64.3 Å². The summed E-state index contributed by atoms with van der Waals surface area (Å²) in [5, 5.41) is 0. The summed E-state index contributed by atoms with van der Waals surface area (Å²) >= 11 is 0. The van der Waals surface area contributed by atoms with E-state index in [0.717, 1.165) is 42.7 Å². The highest BCUT2D eigenvalue weighted by atomic mass is 16.7. The number of likely N-dealkylation sites (tertiary alicyclic amines) is 1.